The molecule has 7 heteroatoms. The van der Waals surface area contributed by atoms with Gasteiger partial charge in [-0.05, 0) is 18.9 Å². The SMILES string of the molecule is NCC1CCN(C(=O)c2cc(=O)[nH]c(=O)[nH]2)C1. The molecule has 0 aliphatic carbocycles. The van der Waals surface area contributed by atoms with Gasteiger partial charge in [-0.1, -0.05) is 0 Å². The highest BCUT2D eigenvalue weighted by molar-refractivity contribution is 5.92. The van der Waals surface area contributed by atoms with Crippen molar-refractivity contribution in [3.8, 4) is 0 Å². The number of likely N-dealkylation sites (tertiary alicyclic amines) is 1. The average molecular weight is 238 g/mol. The Morgan fingerprint density at radius 2 is 2.24 bits per heavy atom. The maximum atomic E-state index is 12.0. The maximum absolute atomic E-state index is 12.0. The summed E-state index contributed by atoms with van der Waals surface area (Å²) in [6.45, 7) is 1.72. The number of nitrogens with two attached hydrogens (primary N) is 1. The third-order valence-corrected chi connectivity index (χ3v) is 2.90. The first kappa shape index (κ1) is 11.6. The Balaban J connectivity index is 2.20. The van der Waals surface area contributed by atoms with E-state index in [1.54, 1.807) is 4.90 Å². The lowest BCUT2D eigenvalue weighted by Crippen LogP contribution is -2.34. The Hall–Kier alpha value is -1.89. The minimum absolute atomic E-state index is 0.0245. The lowest BCUT2D eigenvalue weighted by Gasteiger charge is -2.15. The summed E-state index contributed by atoms with van der Waals surface area (Å²) in [5, 5.41) is 0. The van der Waals surface area contributed by atoms with E-state index in [2.05, 4.69) is 4.98 Å². The molecule has 1 aliphatic heterocycles. The van der Waals surface area contributed by atoms with Gasteiger partial charge in [0.25, 0.3) is 11.5 Å². The van der Waals surface area contributed by atoms with Gasteiger partial charge in [-0.2, -0.15) is 0 Å². The molecule has 2 rings (SSSR count). The van der Waals surface area contributed by atoms with Crippen molar-refractivity contribution in [2.24, 2.45) is 11.7 Å². The average Bonchev–Trinajstić information content (AvgIpc) is 2.75. The number of rotatable bonds is 2. The van der Waals surface area contributed by atoms with Gasteiger partial charge in [0.15, 0.2) is 0 Å². The van der Waals surface area contributed by atoms with Crippen molar-refractivity contribution in [3.63, 3.8) is 0 Å². The Kier molecular flexibility index (Phi) is 3.10. The van der Waals surface area contributed by atoms with E-state index < -0.39 is 11.2 Å². The summed E-state index contributed by atoms with van der Waals surface area (Å²) in [5.41, 5.74) is 4.31. The van der Waals surface area contributed by atoms with E-state index in [4.69, 9.17) is 5.73 Å². The van der Waals surface area contributed by atoms with E-state index in [0.29, 0.717) is 25.6 Å². The molecule has 0 saturated carbocycles. The first-order valence-corrected chi connectivity index (χ1v) is 5.43. The predicted octanol–water partition coefficient (Wildman–Crippen LogP) is -1.52. The zero-order chi connectivity index (χ0) is 12.4. The smallest absolute Gasteiger partial charge is 0.326 e. The monoisotopic (exact) mass is 238 g/mol. The van der Waals surface area contributed by atoms with Crippen molar-refractivity contribution in [2.45, 2.75) is 6.42 Å². The second-order valence-corrected chi connectivity index (χ2v) is 4.14. The van der Waals surface area contributed by atoms with Gasteiger partial charge >= 0.3 is 5.69 Å². The standard InChI is InChI=1S/C10H14N4O3/c11-4-6-1-2-14(5-6)9(16)7-3-8(15)13-10(17)12-7/h3,6H,1-2,4-5,11H2,(H2,12,13,15,17). The minimum atomic E-state index is -0.671. The summed E-state index contributed by atoms with van der Waals surface area (Å²) in [5.74, 6) is -0.0307. The molecule has 0 aromatic carbocycles. The van der Waals surface area contributed by atoms with Crippen LogP contribution in [0.5, 0.6) is 0 Å². The molecule has 0 spiro atoms. The van der Waals surface area contributed by atoms with E-state index in [1.165, 1.54) is 0 Å². The Bertz CT molecular complexity index is 505. The lowest BCUT2D eigenvalue weighted by atomic mass is 10.1. The molecule has 1 saturated heterocycles. The van der Waals surface area contributed by atoms with Crippen LogP contribution in [0.1, 0.15) is 16.9 Å². The van der Waals surface area contributed by atoms with E-state index in [-0.39, 0.29) is 11.6 Å². The van der Waals surface area contributed by atoms with E-state index in [1.807, 2.05) is 4.98 Å². The number of aromatic amines is 2. The van der Waals surface area contributed by atoms with E-state index in [0.717, 1.165) is 12.5 Å². The van der Waals surface area contributed by atoms with Crippen LogP contribution in [0.3, 0.4) is 0 Å². The largest absolute Gasteiger partial charge is 0.337 e. The number of amides is 1. The Morgan fingerprint density at radius 1 is 1.47 bits per heavy atom. The molecule has 1 unspecified atom stereocenters. The number of hydrogen-bond acceptors (Lipinski definition) is 4. The fourth-order valence-electron chi connectivity index (χ4n) is 1.96. The molecule has 1 aromatic rings. The number of nitrogens with one attached hydrogen (secondary N) is 2. The van der Waals surface area contributed by atoms with Crippen LogP contribution >= 0.6 is 0 Å². The van der Waals surface area contributed by atoms with Crippen LogP contribution < -0.4 is 17.0 Å². The van der Waals surface area contributed by atoms with Crippen molar-refractivity contribution in [3.05, 3.63) is 32.6 Å². The Morgan fingerprint density at radius 3 is 2.82 bits per heavy atom. The molecular formula is C10H14N4O3. The summed E-state index contributed by atoms with van der Waals surface area (Å²) >= 11 is 0. The van der Waals surface area contributed by atoms with E-state index in [9.17, 15) is 14.4 Å². The molecule has 17 heavy (non-hydrogen) atoms. The van der Waals surface area contributed by atoms with Crippen molar-refractivity contribution < 1.29 is 4.79 Å². The quantitative estimate of drug-likeness (QED) is 0.581. The first-order valence-electron chi connectivity index (χ1n) is 5.43. The third-order valence-electron chi connectivity index (χ3n) is 2.90. The zero-order valence-corrected chi connectivity index (χ0v) is 9.23. The van der Waals surface area contributed by atoms with E-state index >= 15 is 0 Å². The summed E-state index contributed by atoms with van der Waals surface area (Å²) in [6.07, 6.45) is 0.857. The van der Waals surface area contributed by atoms with Crippen LogP contribution in [0.4, 0.5) is 0 Å². The second-order valence-electron chi connectivity index (χ2n) is 4.14. The van der Waals surface area contributed by atoms with Crippen LogP contribution in [0.2, 0.25) is 0 Å². The normalized spacial score (nSPS) is 19.6. The molecule has 4 N–H and O–H groups in total. The highest BCUT2D eigenvalue weighted by Gasteiger charge is 2.26. The van der Waals surface area contributed by atoms with Gasteiger partial charge in [0.05, 0.1) is 0 Å². The third kappa shape index (κ3) is 2.44. The Labute approximate surface area is 96.6 Å². The summed E-state index contributed by atoms with van der Waals surface area (Å²) in [7, 11) is 0. The van der Waals surface area contributed by atoms with Gasteiger partial charge in [-0.3, -0.25) is 14.6 Å². The minimum Gasteiger partial charge on any atom is -0.337 e. The topological polar surface area (TPSA) is 112 Å². The molecule has 1 aliphatic rings. The molecule has 92 valence electrons. The summed E-state index contributed by atoms with van der Waals surface area (Å²) in [4.78, 5) is 40.1. The molecule has 1 amide bonds. The fraction of sp³-hybridized carbons (Fsp3) is 0.500. The van der Waals surface area contributed by atoms with Crippen LogP contribution in [0.15, 0.2) is 15.7 Å². The van der Waals surface area contributed by atoms with Crippen LogP contribution in [0.25, 0.3) is 0 Å². The van der Waals surface area contributed by atoms with Crippen molar-refractivity contribution >= 4 is 5.91 Å². The summed E-state index contributed by atoms with van der Waals surface area (Å²) in [6, 6.07) is 1.10. The van der Waals surface area contributed by atoms with Crippen LogP contribution in [-0.4, -0.2) is 40.4 Å². The number of carbonyl (C=O) groups is 1. The van der Waals surface area contributed by atoms with Crippen molar-refractivity contribution in [2.75, 3.05) is 19.6 Å². The zero-order valence-electron chi connectivity index (χ0n) is 9.23. The van der Waals surface area contributed by atoms with Crippen molar-refractivity contribution in [1.29, 1.82) is 0 Å². The second kappa shape index (κ2) is 4.54. The molecule has 2 heterocycles. The van der Waals surface area contributed by atoms with Gasteiger partial charge < -0.3 is 15.6 Å². The van der Waals surface area contributed by atoms with Crippen molar-refractivity contribution in [1.82, 2.24) is 14.9 Å². The number of H-pyrrole nitrogens is 2. The highest BCUT2D eigenvalue weighted by atomic mass is 16.2. The first-order chi connectivity index (χ1) is 8.10. The van der Waals surface area contributed by atoms with Gasteiger partial charge in [-0.25, -0.2) is 4.79 Å². The molecule has 1 atom stereocenters. The van der Waals surface area contributed by atoms with Gasteiger partial charge in [0.2, 0.25) is 0 Å². The predicted molar refractivity (Wildman–Crippen MR) is 60.7 cm³/mol. The van der Waals surface area contributed by atoms with Gasteiger partial charge in [0, 0.05) is 19.2 Å². The maximum Gasteiger partial charge on any atom is 0.326 e. The lowest BCUT2D eigenvalue weighted by molar-refractivity contribution is 0.0781. The molecule has 1 aromatic heterocycles. The molecular weight excluding hydrogens is 224 g/mol. The molecule has 1 fully saturated rings. The van der Waals surface area contributed by atoms with Gasteiger partial charge in [0.1, 0.15) is 5.69 Å². The molecule has 0 radical (unpaired) electrons. The molecule has 0 bridgehead atoms. The summed E-state index contributed by atoms with van der Waals surface area (Å²) < 4.78 is 0. The number of hydrogen-bond donors (Lipinski definition) is 3. The fourth-order valence-corrected chi connectivity index (χ4v) is 1.96. The van der Waals surface area contributed by atoms with Crippen LogP contribution in [0, 0.1) is 5.92 Å². The van der Waals surface area contributed by atoms with Gasteiger partial charge in [-0.15, -0.1) is 0 Å². The number of nitrogens with zero attached hydrogens (tertiary/aromatic N) is 1. The van der Waals surface area contributed by atoms with Crippen LogP contribution in [-0.2, 0) is 0 Å². The molecule has 7 nitrogen and oxygen atoms in total. The number of aromatic nitrogens is 2. The number of carbonyl (C=O) groups excluding carboxylic acids is 1. The highest BCUT2D eigenvalue weighted by Crippen LogP contribution is 2.16.